The number of nitrogens with two attached hydrogens (primary N) is 1. The van der Waals surface area contributed by atoms with E-state index < -0.39 is 0 Å². The Morgan fingerprint density at radius 3 is 2.54 bits per heavy atom. The largest absolute Gasteiger partial charge is 0.378 e. The second kappa shape index (κ2) is 8.67. The summed E-state index contributed by atoms with van der Waals surface area (Å²) in [5, 5.41) is 3.51. The molecular formula is C21H27N5O2. The molecule has 3 N–H and O–H groups in total. The van der Waals surface area contributed by atoms with Crippen LogP contribution in [0.2, 0.25) is 0 Å². The van der Waals surface area contributed by atoms with E-state index in [4.69, 9.17) is 15.5 Å². The topological polar surface area (TPSA) is 93.4 Å². The Morgan fingerprint density at radius 1 is 1.11 bits per heavy atom. The lowest BCUT2D eigenvalue weighted by Crippen LogP contribution is -2.41. The summed E-state index contributed by atoms with van der Waals surface area (Å²) in [5.41, 5.74) is 7.50. The summed E-state index contributed by atoms with van der Waals surface area (Å²) >= 11 is 0. The summed E-state index contributed by atoms with van der Waals surface area (Å²) in [6.45, 7) is 2.32. The second-order valence-corrected chi connectivity index (χ2v) is 7.48. The minimum atomic E-state index is -0.0436. The van der Waals surface area contributed by atoms with Crippen molar-refractivity contribution < 1.29 is 9.53 Å². The van der Waals surface area contributed by atoms with Crippen molar-refractivity contribution in [3.05, 3.63) is 42.1 Å². The molecule has 1 aromatic heterocycles. The molecule has 2 aromatic rings. The third-order valence-corrected chi connectivity index (χ3v) is 5.46. The molecule has 7 nitrogen and oxygen atoms in total. The number of carbonyl (C=O) groups is 1. The first-order valence-corrected chi connectivity index (χ1v) is 10.0. The van der Waals surface area contributed by atoms with Crippen molar-refractivity contribution in [3.63, 3.8) is 0 Å². The molecule has 2 heterocycles. The van der Waals surface area contributed by atoms with Crippen LogP contribution in [0.4, 0.5) is 5.82 Å². The van der Waals surface area contributed by atoms with Gasteiger partial charge in [0.1, 0.15) is 11.4 Å². The van der Waals surface area contributed by atoms with Crippen LogP contribution in [-0.2, 0) is 4.74 Å². The van der Waals surface area contributed by atoms with Crippen LogP contribution < -0.4 is 11.1 Å². The average Bonchev–Trinajstić information content (AvgIpc) is 2.76. The van der Waals surface area contributed by atoms with Crippen molar-refractivity contribution >= 4 is 11.7 Å². The summed E-state index contributed by atoms with van der Waals surface area (Å²) in [7, 11) is 0. The van der Waals surface area contributed by atoms with Gasteiger partial charge in [0.05, 0.1) is 13.2 Å². The number of ether oxygens (including phenoxy) is 1. The minimum absolute atomic E-state index is 0.0436. The highest BCUT2D eigenvalue weighted by Gasteiger charge is 2.25. The van der Waals surface area contributed by atoms with E-state index in [9.17, 15) is 4.79 Å². The Kier molecular flexibility index (Phi) is 5.83. The number of benzene rings is 1. The first kappa shape index (κ1) is 18.8. The predicted molar refractivity (Wildman–Crippen MR) is 108 cm³/mol. The van der Waals surface area contributed by atoms with Crippen LogP contribution in [0.5, 0.6) is 0 Å². The number of anilines is 1. The van der Waals surface area contributed by atoms with Crippen LogP contribution in [0, 0.1) is 0 Å². The molecule has 4 rings (SSSR count). The maximum absolute atomic E-state index is 13.1. The lowest BCUT2D eigenvalue weighted by Gasteiger charge is -2.30. The molecule has 1 aliphatic carbocycles. The molecule has 1 aromatic carbocycles. The van der Waals surface area contributed by atoms with E-state index in [0.29, 0.717) is 43.5 Å². The maximum atomic E-state index is 13.1. The number of nitrogens with zero attached hydrogens (tertiary/aromatic N) is 3. The average molecular weight is 381 g/mol. The van der Waals surface area contributed by atoms with Crippen molar-refractivity contribution in [1.29, 1.82) is 0 Å². The molecule has 1 saturated carbocycles. The normalized spacial score (nSPS) is 22.7. The van der Waals surface area contributed by atoms with Gasteiger partial charge in [0, 0.05) is 36.9 Å². The highest BCUT2D eigenvalue weighted by molar-refractivity contribution is 5.98. The summed E-state index contributed by atoms with van der Waals surface area (Å²) in [5.74, 6) is 1.19. The van der Waals surface area contributed by atoms with E-state index in [1.54, 1.807) is 6.20 Å². The van der Waals surface area contributed by atoms with Gasteiger partial charge >= 0.3 is 0 Å². The van der Waals surface area contributed by atoms with Gasteiger partial charge in [0.2, 0.25) is 0 Å². The van der Waals surface area contributed by atoms with Gasteiger partial charge in [-0.15, -0.1) is 0 Å². The number of amides is 1. The van der Waals surface area contributed by atoms with Gasteiger partial charge in [-0.3, -0.25) is 4.79 Å². The quantitative estimate of drug-likeness (QED) is 0.844. The number of nitrogens with one attached hydrogen (secondary N) is 1. The van der Waals surface area contributed by atoms with Gasteiger partial charge in [-0.05, 0) is 25.7 Å². The molecule has 148 valence electrons. The molecule has 1 aliphatic heterocycles. The van der Waals surface area contributed by atoms with Crippen LogP contribution in [0.25, 0.3) is 11.4 Å². The molecule has 0 bridgehead atoms. The van der Waals surface area contributed by atoms with Crippen molar-refractivity contribution in [1.82, 2.24) is 14.9 Å². The van der Waals surface area contributed by atoms with Crippen molar-refractivity contribution in [3.8, 4) is 11.4 Å². The fourth-order valence-electron chi connectivity index (χ4n) is 3.77. The zero-order chi connectivity index (χ0) is 19.3. The number of hydrogen-bond donors (Lipinski definition) is 2. The first-order valence-electron chi connectivity index (χ1n) is 10.0. The minimum Gasteiger partial charge on any atom is -0.378 e. The van der Waals surface area contributed by atoms with E-state index in [2.05, 4.69) is 10.3 Å². The van der Waals surface area contributed by atoms with E-state index in [-0.39, 0.29) is 18.0 Å². The van der Waals surface area contributed by atoms with Gasteiger partial charge in [-0.1, -0.05) is 30.3 Å². The summed E-state index contributed by atoms with van der Waals surface area (Å²) < 4.78 is 5.37. The molecule has 0 radical (unpaired) electrons. The molecule has 28 heavy (non-hydrogen) atoms. The lowest BCUT2D eigenvalue weighted by atomic mass is 9.92. The highest BCUT2D eigenvalue weighted by Crippen LogP contribution is 2.25. The Balaban J connectivity index is 1.63. The molecular weight excluding hydrogens is 354 g/mol. The summed E-state index contributed by atoms with van der Waals surface area (Å²) in [6, 6.07) is 10.4. The van der Waals surface area contributed by atoms with E-state index in [1.165, 1.54) is 0 Å². The van der Waals surface area contributed by atoms with Crippen molar-refractivity contribution in [2.75, 3.05) is 31.6 Å². The zero-order valence-corrected chi connectivity index (χ0v) is 16.0. The fraction of sp³-hybridized carbons (Fsp3) is 0.476. The zero-order valence-electron chi connectivity index (χ0n) is 16.0. The molecule has 2 fully saturated rings. The third kappa shape index (κ3) is 4.31. The van der Waals surface area contributed by atoms with Gasteiger partial charge in [-0.25, -0.2) is 9.97 Å². The highest BCUT2D eigenvalue weighted by atomic mass is 16.5. The Bertz CT molecular complexity index is 800. The number of rotatable bonds is 4. The Hall–Kier alpha value is -2.51. The predicted octanol–water partition coefficient (Wildman–Crippen LogP) is 2.30. The van der Waals surface area contributed by atoms with Gasteiger partial charge in [-0.2, -0.15) is 0 Å². The number of aromatic nitrogens is 2. The monoisotopic (exact) mass is 381 g/mol. The number of carbonyl (C=O) groups excluding carboxylic acids is 1. The van der Waals surface area contributed by atoms with E-state index in [1.807, 2.05) is 35.2 Å². The fourth-order valence-corrected chi connectivity index (χ4v) is 3.77. The van der Waals surface area contributed by atoms with Crippen LogP contribution in [0.1, 0.15) is 36.0 Å². The lowest BCUT2D eigenvalue weighted by molar-refractivity contribution is 0.0303. The standard InChI is InChI=1S/C21H27N5O2/c22-16-6-8-17(9-7-16)24-20-18(21(27)26-10-12-28-13-11-26)14-23-19(25-20)15-4-2-1-3-5-15/h1-5,14,16-17H,6-13,22H2,(H,23,24,25). The molecule has 2 aliphatic rings. The van der Waals surface area contributed by atoms with E-state index >= 15 is 0 Å². The van der Waals surface area contributed by atoms with Crippen LogP contribution >= 0.6 is 0 Å². The van der Waals surface area contributed by atoms with Gasteiger partial charge in [0.25, 0.3) is 5.91 Å². The number of hydrogen-bond acceptors (Lipinski definition) is 6. The Labute approximate surface area is 165 Å². The number of morpholine rings is 1. The third-order valence-electron chi connectivity index (χ3n) is 5.46. The SMILES string of the molecule is NC1CCC(Nc2nc(-c3ccccc3)ncc2C(=O)N2CCOCC2)CC1. The molecule has 0 spiro atoms. The summed E-state index contributed by atoms with van der Waals surface area (Å²) in [6.07, 6.45) is 5.60. The molecule has 0 unspecified atom stereocenters. The molecule has 1 amide bonds. The molecule has 7 heteroatoms. The van der Waals surface area contributed by atoms with Crippen molar-refractivity contribution in [2.24, 2.45) is 5.73 Å². The van der Waals surface area contributed by atoms with Crippen LogP contribution in [0.3, 0.4) is 0 Å². The Morgan fingerprint density at radius 2 is 1.82 bits per heavy atom. The van der Waals surface area contributed by atoms with Gasteiger partial charge < -0.3 is 20.7 Å². The first-order chi connectivity index (χ1) is 13.7. The van der Waals surface area contributed by atoms with Gasteiger partial charge in [0.15, 0.2) is 5.82 Å². The molecule has 0 atom stereocenters. The maximum Gasteiger partial charge on any atom is 0.259 e. The summed E-state index contributed by atoms with van der Waals surface area (Å²) in [4.78, 5) is 24.1. The van der Waals surface area contributed by atoms with Crippen LogP contribution in [0.15, 0.2) is 36.5 Å². The van der Waals surface area contributed by atoms with E-state index in [0.717, 1.165) is 31.2 Å². The molecule has 1 saturated heterocycles. The smallest absolute Gasteiger partial charge is 0.259 e. The second-order valence-electron chi connectivity index (χ2n) is 7.48. The van der Waals surface area contributed by atoms with Crippen molar-refractivity contribution in [2.45, 2.75) is 37.8 Å². The van der Waals surface area contributed by atoms with Crippen LogP contribution in [-0.4, -0.2) is 59.2 Å².